The number of nitrogens with zero attached hydrogens (tertiary/aromatic N) is 1. The van der Waals surface area contributed by atoms with Gasteiger partial charge in [-0.2, -0.15) is 0 Å². The fourth-order valence-corrected chi connectivity index (χ4v) is 3.67. The molecule has 1 aliphatic heterocycles. The van der Waals surface area contributed by atoms with Crippen LogP contribution in [-0.2, 0) is 10.0 Å². The van der Waals surface area contributed by atoms with Gasteiger partial charge in [0.2, 0.25) is 0 Å². The molecule has 0 saturated carbocycles. The van der Waals surface area contributed by atoms with E-state index in [1.807, 2.05) is 11.9 Å². The van der Waals surface area contributed by atoms with Crippen LogP contribution in [0.4, 0.5) is 11.4 Å². The summed E-state index contributed by atoms with van der Waals surface area (Å²) in [6.07, 6.45) is 0. The number of fused-ring (bicyclic) bond motifs is 1. The molecule has 0 bridgehead atoms. The molecule has 0 unspecified atom stereocenters. The number of likely N-dealkylation sites (N-methyl/N-ethyl adjacent to an activating group) is 1. The molecular formula is C19H24N2O4S. The highest BCUT2D eigenvalue weighted by atomic mass is 32.2. The molecule has 140 valence electrons. The average molecular weight is 376 g/mol. The van der Waals surface area contributed by atoms with Gasteiger partial charge in [0, 0.05) is 12.7 Å². The molecule has 0 atom stereocenters. The van der Waals surface area contributed by atoms with Crippen molar-refractivity contribution in [1.82, 2.24) is 0 Å². The van der Waals surface area contributed by atoms with Crippen molar-refractivity contribution in [3.63, 3.8) is 0 Å². The number of ether oxygens (including phenoxy) is 2. The Hall–Kier alpha value is -2.41. The molecule has 0 aromatic heterocycles. The number of hydrogen-bond donors (Lipinski definition) is 1. The van der Waals surface area contributed by atoms with Crippen molar-refractivity contribution < 1.29 is 17.9 Å². The van der Waals surface area contributed by atoms with E-state index in [0.717, 1.165) is 12.2 Å². The monoisotopic (exact) mass is 376 g/mol. The van der Waals surface area contributed by atoms with Crippen molar-refractivity contribution in [3.05, 3.63) is 42.5 Å². The first-order valence-corrected chi connectivity index (χ1v) is 10.1. The van der Waals surface area contributed by atoms with E-state index >= 15 is 0 Å². The van der Waals surface area contributed by atoms with E-state index < -0.39 is 10.0 Å². The third kappa shape index (κ3) is 4.22. The molecule has 7 heteroatoms. The number of rotatable bonds is 6. The van der Waals surface area contributed by atoms with Crippen LogP contribution in [-0.4, -0.2) is 35.2 Å². The summed E-state index contributed by atoms with van der Waals surface area (Å²) in [7, 11) is -1.76. The molecule has 2 aromatic carbocycles. The molecule has 6 nitrogen and oxygen atoms in total. The summed E-state index contributed by atoms with van der Waals surface area (Å²) in [4.78, 5) is 2.19. The molecule has 0 fully saturated rings. The number of anilines is 2. The fraction of sp³-hybridized carbons (Fsp3) is 0.368. The zero-order chi connectivity index (χ0) is 18.7. The van der Waals surface area contributed by atoms with E-state index in [2.05, 4.69) is 18.6 Å². The summed E-state index contributed by atoms with van der Waals surface area (Å²) in [6.45, 7) is 6.09. The van der Waals surface area contributed by atoms with E-state index in [0.29, 0.717) is 36.3 Å². The first-order valence-electron chi connectivity index (χ1n) is 8.59. The van der Waals surface area contributed by atoms with E-state index in [1.54, 1.807) is 42.5 Å². The van der Waals surface area contributed by atoms with Gasteiger partial charge >= 0.3 is 0 Å². The largest absolute Gasteiger partial charge is 0.493 e. The van der Waals surface area contributed by atoms with Gasteiger partial charge in [0.05, 0.1) is 23.7 Å². The third-order valence-electron chi connectivity index (χ3n) is 4.03. The molecule has 0 spiro atoms. The second-order valence-electron chi connectivity index (χ2n) is 6.73. The summed E-state index contributed by atoms with van der Waals surface area (Å²) >= 11 is 0. The quantitative estimate of drug-likeness (QED) is 0.837. The Bertz CT molecular complexity index is 864. The van der Waals surface area contributed by atoms with E-state index in [1.165, 1.54) is 0 Å². The smallest absolute Gasteiger partial charge is 0.261 e. The van der Waals surface area contributed by atoms with Crippen molar-refractivity contribution in [2.45, 2.75) is 18.7 Å². The molecule has 1 N–H and O–H groups in total. The standard InChI is InChI=1S/C19H24N2O4S/c1-14(2)13-25-16-6-4-15(5-7-16)20-26(22,23)17-8-9-19-18(12-17)21(3)10-11-24-19/h4-9,12,14,20H,10-11,13H2,1-3H3. The lowest BCUT2D eigenvalue weighted by molar-refractivity contribution is 0.271. The number of nitrogens with one attached hydrogen (secondary N) is 1. The zero-order valence-electron chi connectivity index (χ0n) is 15.2. The van der Waals surface area contributed by atoms with E-state index in [9.17, 15) is 8.42 Å². The van der Waals surface area contributed by atoms with Gasteiger partial charge in [-0.15, -0.1) is 0 Å². The van der Waals surface area contributed by atoms with E-state index in [4.69, 9.17) is 9.47 Å². The number of hydrogen-bond acceptors (Lipinski definition) is 5. The Morgan fingerprint density at radius 1 is 1.19 bits per heavy atom. The first kappa shape index (κ1) is 18.4. The lowest BCUT2D eigenvalue weighted by Crippen LogP contribution is -2.29. The van der Waals surface area contributed by atoms with Crippen LogP contribution in [0.1, 0.15) is 13.8 Å². The van der Waals surface area contributed by atoms with Gasteiger partial charge in [-0.05, 0) is 48.4 Å². The Balaban J connectivity index is 1.76. The normalized spacial score (nSPS) is 13.9. The fourth-order valence-electron chi connectivity index (χ4n) is 2.59. The third-order valence-corrected chi connectivity index (χ3v) is 5.41. The predicted molar refractivity (Wildman–Crippen MR) is 103 cm³/mol. The Morgan fingerprint density at radius 3 is 2.62 bits per heavy atom. The van der Waals surface area contributed by atoms with Crippen LogP contribution in [0.15, 0.2) is 47.4 Å². The minimum absolute atomic E-state index is 0.203. The van der Waals surface area contributed by atoms with Crippen LogP contribution >= 0.6 is 0 Å². The zero-order valence-corrected chi connectivity index (χ0v) is 16.0. The second kappa shape index (κ2) is 7.45. The molecule has 26 heavy (non-hydrogen) atoms. The lowest BCUT2D eigenvalue weighted by atomic mass is 10.2. The molecule has 0 amide bonds. The van der Waals surface area contributed by atoms with Crippen molar-refractivity contribution in [1.29, 1.82) is 0 Å². The highest BCUT2D eigenvalue weighted by Crippen LogP contribution is 2.33. The van der Waals surface area contributed by atoms with Crippen LogP contribution in [0.25, 0.3) is 0 Å². The van der Waals surface area contributed by atoms with Gasteiger partial charge in [-0.25, -0.2) is 8.42 Å². The van der Waals surface area contributed by atoms with Crippen molar-refractivity contribution in [3.8, 4) is 11.5 Å². The molecule has 3 rings (SSSR count). The van der Waals surface area contributed by atoms with Gasteiger partial charge < -0.3 is 14.4 Å². The Kier molecular flexibility index (Phi) is 5.27. The lowest BCUT2D eigenvalue weighted by Gasteiger charge is -2.28. The van der Waals surface area contributed by atoms with Gasteiger partial charge in [0.25, 0.3) is 10.0 Å². The molecule has 2 aromatic rings. The molecule has 1 aliphatic rings. The molecule has 1 heterocycles. The van der Waals surface area contributed by atoms with Crippen LogP contribution in [0, 0.1) is 5.92 Å². The molecule has 0 aliphatic carbocycles. The predicted octanol–water partition coefficient (Wildman–Crippen LogP) is 3.35. The van der Waals surface area contributed by atoms with E-state index in [-0.39, 0.29) is 4.90 Å². The molecule has 0 radical (unpaired) electrons. The molecular weight excluding hydrogens is 352 g/mol. The topological polar surface area (TPSA) is 67.9 Å². The number of sulfonamides is 1. The minimum atomic E-state index is -3.68. The first-order chi connectivity index (χ1) is 12.3. The van der Waals surface area contributed by atoms with Gasteiger partial charge in [-0.1, -0.05) is 13.8 Å². The Morgan fingerprint density at radius 2 is 1.92 bits per heavy atom. The van der Waals surface area contributed by atoms with Crippen LogP contribution in [0.2, 0.25) is 0 Å². The summed E-state index contributed by atoms with van der Waals surface area (Å²) in [5.41, 5.74) is 1.26. The minimum Gasteiger partial charge on any atom is -0.493 e. The maximum absolute atomic E-state index is 12.7. The maximum Gasteiger partial charge on any atom is 0.261 e. The van der Waals surface area contributed by atoms with Gasteiger partial charge in [0.15, 0.2) is 0 Å². The highest BCUT2D eigenvalue weighted by Gasteiger charge is 2.20. The summed E-state index contributed by atoms with van der Waals surface area (Å²) in [5.74, 6) is 1.85. The second-order valence-corrected chi connectivity index (χ2v) is 8.42. The molecule has 0 saturated heterocycles. The van der Waals surface area contributed by atoms with Crippen LogP contribution in [0.5, 0.6) is 11.5 Å². The summed E-state index contributed by atoms with van der Waals surface area (Å²) in [5, 5.41) is 0. The SMILES string of the molecule is CC(C)COc1ccc(NS(=O)(=O)c2ccc3c(c2)N(C)CCO3)cc1. The van der Waals surface area contributed by atoms with Gasteiger partial charge in [-0.3, -0.25) is 4.72 Å². The average Bonchev–Trinajstić information content (AvgIpc) is 2.61. The summed E-state index contributed by atoms with van der Waals surface area (Å²) < 4.78 is 39.2. The van der Waals surface area contributed by atoms with Crippen LogP contribution in [0.3, 0.4) is 0 Å². The van der Waals surface area contributed by atoms with Gasteiger partial charge in [0.1, 0.15) is 18.1 Å². The maximum atomic E-state index is 12.7. The van der Waals surface area contributed by atoms with Crippen molar-refractivity contribution in [2.75, 3.05) is 36.4 Å². The Labute approximate surface area is 154 Å². The van der Waals surface area contributed by atoms with Crippen molar-refractivity contribution >= 4 is 21.4 Å². The van der Waals surface area contributed by atoms with Crippen molar-refractivity contribution in [2.24, 2.45) is 5.92 Å². The summed E-state index contributed by atoms with van der Waals surface area (Å²) in [6, 6.07) is 11.8. The van der Waals surface area contributed by atoms with Crippen LogP contribution < -0.4 is 19.1 Å². The highest BCUT2D eigenvalue weighted by molar-refractivity contribution is 7.92. The number of benzene rings is 2.